The first-order chi connectivity index (χ1) is 11.9. The molecule has 2 N–H and O–H groups in total. The number of benzene rings is 1. The minimum absolute atomic E-state index is 0.0234. The number of phenols is 1. The Morgan fingerprint density at radius 1 is 1.28 bits per heavy atom. The van der Waals surface area contributed by atoms with Gasteiger partial charge in [0.1, 0.15) is 17.1 Å². The SMILES string of the molecule is CC1(C)Oc2cc(C(=O)c3ccco3)cc(O)c2[C@@H]2C[C@H](O)CC[C@H]21. The van der Waals surface area contributed by atoms with Crippen LogP contribution in [0.2, 0.25) is 0 Å². The van der Waals surface area contributed by atoms with E-state index >= 15 is 0 Å². The number of hydrogen-bond acceptors (Lipinski definition) is 5. The third-order valence-electron chi connectivity index (χ3n) is 5.59. The maximum absolute atomic E-state index is 12.5. The lowest BCUT2D eigenvalue weighted by Crippen LogP contribution is -2.47. The summed E-state index contributed by atoms with van der Waals surface area (Å²) in [4.78, 5) is 12.5. The summed E-state index contributed by atoms with van der Waals surface area (Å²) < 4.78 is 11.4. The summed E-state index contributed by atoms with van der Waals surface area (Å²) in [5.41, 5.74) is 0.618. The minimum Gasteiger partial charge on any atom is -0.507 e. The number of aromatic hydroxyl groups is 1. The van der Waals surface area contributed by atoms with Crippen molar-refractivity contribution in [3.8, 4) is 11.5 Å². The summed E-state index contributed by atoms with van der Waals surface area (Å²) >= 11 is 0. The molecule has 5 nitrogen and oxygen atoms in total. The van der Waals surface area contributed by atoms with Crippen LogP contribution in [0, 0.1) is 5.92 Å². The summed E-state index contributed by atoms with van der Waals surface area (Å²) in [5, 5.41) is 20.7. The van der Waals surface area contributed by atoms with E-state index in [4.69, 9.17) is 9.15 Å². The van der Waals surface area contributed by atoms with Crippen molar-refractivity contribution in [1.82, 2.24) is 0 Å². The number of furan rings is 1. The molecule has 0 radical (unpaired) electrons. The van der Waals surface area contributed by atoms with Gasteiger partial charge in [-0.25, -0.2) is 0 Å². The van der Waals surface area contributed by atoms with Crippen LogP contribution < -0.4 is 4.74 Å². The molecule has 0 bridgehead atoms. The molecule has 25 heavy (non-hydrogen) atoms. The van der Waals surface area contributed by atoms with E-state index in [9.17, 15) is 15.0 Å². The second-order valence-corrected chi connectivity index (χ2v) is 7.60. The molecule has 0 amide bonds. The average Bonchev–Trinajstić information content (AvgIpc) is 3.06. The van der Waals surface area contributed by atoms with Gasteiger partial charge in [0.05, 0.1) is 12.4 Å². The van der Waals surface area contributed by atoms with Gasteiger partial charge in [-0.1, -0.05) is 0 Å². The quantitative estimate of drug-likeness (QED) is 0.815. The van der Waals surface area contributed by atoms with Gasteiger partial charge >= 0.3 is 0 Å². The predicted octanol–water partition coefficient (Wildman–Crippen LogP) is 3.63. The molecule has 1 aliphatic heterocycles. The van der Waals surface area contributed by atoms with Crippen molar-refractivity contribution >= 4 is 5.78 Å². The van der Waals surface area contributed by atoms with Crippen LogP contribution in [0.1, 0.15) is 60.7 Å². The van der Waals surface area contributed by atoms with Gasteiger partial charge in [0.2, 0.25) is 5.78 Å². The molecule has 1 aliphatic carbocycles. The normalized spacial score (nSPS) is 27.1. The number of aliphatic hydroxyl groups excluding tert-OH is 1. The van der Waals surface area contributed by atoms with Crippen LogP contribution >= 0.6 is 0 Å². The van der Waals surface area contributed by atoms with Gasteiger partial charge < -0.3 is 19.4 Å². The van der Waals surface area contributed by atoms with Crippen LogP contribution in [-0.2, 0) is 0 Å². The molecule has 4 rings (SSSR count). The Labute approximate surface area is 146 Å². The summed E-state index contributed by atoms with van der Waals surface area (Å²) in [5.74, 6) is 0.745. The molecule has 0 saturated heterocycles. The van der Waals surface area contributed by atoms with Crippen LogP contribution in [0.15, 0.2) is 34.9 Å². The molecular formula is C20H22O5. The van der Waals surface area contributed by atoms with E-state index in [0.29, 0.717) is 23.3 Å². The van der Waals surface area contributed by atoms with Crippen LogP contribution in [-0.4, -0.2) is 27.7 Å². The average molecular weight is 342 g/mol. The van der Waals surface area contributed by atoms with Crippen molar-refractivity contribution in [3.05, 3.63) is 47.4 Å². The number of carbonyl (C=O) groups excluding carboxylic acids is 1. The predicted molar refractivity (Wildman–Crippen MR) is 91.0 cm³/mol. The number of fused-ring (bicyclic) bond motifs is 3. The maximum Gasteiger partial charge on any atom is 0.228 e. The lowest BCUT2D eigenvalue weighted by atomic mass is 9.66. The lowest BCUT2D eigenvalue weighted by Gasteiger charge is -2.48. The lowest BCUT2D eigenvalue weighted by molar-refractivity contribution is -0.0317. The molecule has 1 fully saturated rings. The van der Waals surface area contributed by atoms with E-state index in [1.165, 1.54) is 12.3 Å². The number of rotatable bonds is 2. The Kier molecular flexibility index (Phi) is 3.65. The van der Waals surface area contributed by atoms with Crippen molar-refractivity contribution in [2.75, 3.05) is 0 Å². The summed E-state index contributed by atoms with van der Waals surface area (Å²) in [7, 11) is 0. The number of ether oxygens (including phenoxy) is 1. The van der Waals surface area contributed by atoms with Gasteiger partial charge in [0.15, 0.2) is 5.76 Å². The highest BCUT2D eigenvalue weighted by Gasteiger charge is 2.47. The summed E-state index contributed by atoms with van der Waals surface area (Å²) in [6, 6.07) is 6.40. The zero-order valence-corrected chi connectivity index (χ0v) is 14.4. The monoisotopic (exact) mass is 342 g/mol. The molecule has 1 saturated carbocycles. The van der Waals surface area contributed by atoms with Crippen molar-refractivity contribution in [2.45, 2.75) is 50.7 Å². The zero-order chi connectivity index (χ0) is 17.8. The molecule has 3 atom stereocenters. The van der Waals surface area contributed by atoms with Crippen LogP contribution in [0.5, 0.6) is 11.5 Å². The fraction of sp³-hybridized carbons (Fsp3) is 0.450. The number of phenolic OH excluding ortho intramolecular Hbond substituents is 1. The van der Waals surface area contributed by atoms with Gasteiger partial charge in [-0.15, -0.1) is 0 Å². The Bertz CT molecular complexity index is 806. The van der Waals surface area contributed by atoms with E-state index < -0.39 is 5.60 Å². The maximum atomic E-state index is 12.5. The number of hydrogen-bond donors (Lipinski definition) is 2. The number of aliphatic hydroxyl groups is 1. The first-order valence-electron chi connectivity index (χ1n) is 8.69. The second-order valence-electron chi connectivity index (χ2n) is 7.60. The standard InChI is InChI=1S/C20H22O5/c1-20(2)14-6-5-12(21)10-13(14)18-15(22)8-11(9-17(18)25-20)19(23)16-4-3-7-24-16/h3-4,7-9,12-14,21-22H,5-6,10H2,1-2H3/t12-,13-,14-/m1/s1. The van der Waals surface area contributed by atoms with E-state index in [1.807, 2.05) is 13.8 Å². The zero-order valence-electron chi connectivity index (χ0n) is 14.4. The van der Waals surface area contributed by atoms with Crippen molar-refractivity contribution < 1.29 is 24.2 Å². The molecule has 1 aromatic carbocycles. The second kappa shape index (κ2) is 5.63. The van der Waals surface area contributed by atoms with Gasteiger partial charge in [-0.3, -0.25) is 4.79 Å². The first kappa shape index (κ1) is 16.2. The summed E-state index contributed by atoms with van der Waals surface area (Å²) in [6.45, 7) is 4.06. The molecule has 2 aliphatic rings. The molecule has 0 unspecified atom stereocenters. The van der Waals surface area contributed by atoms with Gasteiger partial charge in [-0.2, -0.15) is 0 Å². The molecule has 2 heterocycles. The van der Waals surface area contributed by atoms with Crippen LogP contribution in [0.25, 0.3) is 0 Å². The summed E-state index contributed by atoms with van der Waals surface area (Å²) in [6.07, 6.45) is 3.28. The van der Waals surface area contributed by atoms with Gasteiger partial charge in [0.25, 0.3) is 0 Å². The molecule has 0 spiro atoms. The third-order valence-corrected chi connectivity index (χ3v) is 5.59. The van der Waals surface area contributed by atoms with E-state index in [-0.39, 0.29) is 35.2 Å². The van der Waals surface area contributed by atoms with E-state index in [2.05, 4.69) is 0 Å². The Hall–Kier alpha value is -2.27. The highest BCUT2D eigenvalue weighted by atomic mass is 16.5. The Morgan fingerprint density at radius 2 is 2.08 bits per heavy atom. The van der Waals surface area contributed by atoms with Crippen molar-refractivity contribution in [2.24, 2.45) is 5.92 Å². The number of ketones is 1. The van der Waals surface area contributed by atoms with E-state index in [1.54, 1.807) is 18.2 Å². The largest absolute Gasteiger partial charge is 0.507 e. The smallest absolute Gasteiger partial charge is 0.228 e. The highest BCUT2D eigenvalue weighted by Crippen LogP contribution is 2.54. The number of carbonyl (C=O) groups is 1. The van der Waals surface area contributed by atoms with Gasteiger partial charge in [0, 0.05) is 23.0 Å². The molecule has 5 heteroatoms. The fourth-order valence-corrected chi connectivity index (χ4v) is 4.41. The van der Waals surface area contributed by atoms with Crippen LogP contribution in [0.4, 0.5) is 0 Å². The highest BCUT2D eigenvalue weighted by molar-refractivity contribution is 6.07. The molecule has 2 aromatic rings. The Balaban J connectivity index is 1.79. The van der Waals surface area contributed by atoms with Gasteiger partial charge in [-0.05, 0) is 57.4 Å². The first-order valence-corrected chi connectivity index (χ1v) is 8.69. The van der Waals surface area contributed by atoms with E-state index in [0.717, 1.165) is 12.8 Å². The van der Waals surface area contributed by atoms with Crippen LogP contribution in [0.3, 0.4) is 0 Å². The van der Waals surface area contributed by atoms with Crippen molar-refractivity contribution in [1.29, 1.82) is 0 Å². The molecular weight excluding hydrogens is 320 g/mol. The van der Waals surface area contributed by atoms with Crippen molar-refractivity contribution in [3.63, 3.8) is 0 Å². The molecule has 132 valence electrons. The molecule has 1 aromatic heterocycles. The third kappa shape index (κ3) is 2.63. The topological polar surface area (TPSA) is 79.9 Å². The minimum atomic E-state index is -0.420. The fourth-order valence-electron chi connectivity index (χ4n) is 4.41. The Morgan fingerprint density at radius 3 is 2.80 bits per heavy atom.